The van der Waals surface area contributed by atoms with E-state index >= 15 is 0 Å². The molecule has 0 aliphatic carbocycles. The highest BCUT2D eigenvalue weighted by atomic mass is 32.2. The van der Waals surface area contributed by atoms with E-state index in [0.29, 0.717) is 6.61 Å². The first kappa shape index (κ1) is 18.4. The first-order valence-electron chi connectivity index (χ1n) is 9.29. The van der Waals surface area contributed by atoms with Crippen molar-refractivity contribution in [2.75, 3.05) is 13.2 Å². The maximum absolute atomic E-state index is 5.83. The third kappa shape index (κ3) is 4.67. The molecule has 0 amide bonds. The van der Waals surface area contributed by atoms with Crippen molar-refractivity contribution in [3.05, 3.63) is 95.9 Å². The van der Waals surface area contributed by atoms with Crippen molar-refractivity contribution < 1.29 is 4.74 Å². The van der Waals surface area contributed by atoms with Crippen molar-refractivity contribution in [2.45, 2.75) is 32.4 Å². The molecule has 0 spiro atoms. The summed E-state index contributed by atoms with van der Waals surface area (Å²) in [6, 6.07) is 28.1. The van der Waals surface area contributed by atoms with Crippen LogP contribution in [0.25, 0.3) is 0 Å². The number of hydrogen-bond acceptors (Lipinski definition) is 2. The van der Waals surface area contributed by atoms with Gasteiger partial charge in [0.15, 0.2) is 9.79 Å². The van der Waals surface area contributed by atoms with Crippen LogP contribution in [0, 0.1) is 0 Å². The first-order chi connectivity index (χ1) is 13.4. The van der Waals surface area contributed by atoms with Gasteiger partial charge < -0.3 is 4.74 Å². The third-order valence-corrected chi connectivity index (χ3v) is 7.97. The van der Waals surface area contributed by atoms with Crippen molar-refractivity contribution in [1.82, 2.24) is 0 Å². The van der Waals surface area contributed by atoms with E-state index in [-0.39, 0.29) is 10.9 Å². The maximum atomic E-state index is 5.83. The average Bonchev–Trinajstić information content (AvgIpc) is 2.73. The highest BCUT2D eigenvalue weighted by Crippen LogP contribution is 2.45. The Morgan fingerprint density at radius 3 is 2.11 bits per heavy atom. The normalized spacial score (nSPS) is 13.5. The number of ether oxygens (including phenoxy) is 1. The van der Waals surface area contributed by atoms with Crippen molar-refractivity contribution in [3.63, 3.8) is 0 Å². The predicted molar refractivity (Wildman–Crippen MR) is 116 cm³/mol. The summed E-state index contributed by atoms with van der Waals surface area (Å²) in [5.74, 6) is 0. The first-order valence-corrected chi connectivity index (χ1v) is 11.4. The lowest BCUT2D eigenvalue weighted by molar-refractivity contribution is 0.160. The summed E-state index contributed by atoms with van der Waals surface area (Å²) in [5, 5.41) is 2.33. The fraction of sp³-hybridized carbons (Fsp3) is 0.167. The summed E-state index contributed by atoms with van der Waals surface area (Å²) >= 11 is 1.88. The lowest BCUT2D eigenvalue weighted by atomic mass is 10.1. The molecule has 0 saturated carbocycles. The van der Waals surface area contributed by atoms with Gasteiger partial charge in [0.05, 0.1) is 27.3 Å². The van der Waals surface area contributed by atoms with E-state index in [1.165, 1.54) is 25.1 Å². The van der Waals surface area contributed by atoms with Crippen LogP contribution in [0.4, 0.5) is 0 Å². The second kappa shape index (κ2) is 9.32. The van der Waals surface area contributed by atoms with Crippen LogP contribution in [0.2, 0.25) is 0 Å². The minimum absolute atomic E-state index is 0.0128. The van der Waals surface area contributed by atoms with Gasteiger partial charge in [0.1, 0.15) is 5.41 Å². The summed E-state index contributed by atoms with van der Waals surface area (Å²) in [4.78, 5) is 5.57. The van der Waals surface area contributed by atoms with Crippen molar-refractivity contribution >= 4 is 22.7 Å². The zero-order chi connectivity index (χ0) is 18.3. The molecule has 3 aromatic rings. The molecule has 0 N–H and O–H groups in total. The van der Waals surface area contributed by atoms with Crippen LogP contribution in [-0.4, -0.2) is 13.2 Å². The van der Waals surface area contributed by atoms with Crippen molar-refractivity contribution in [3.8, 4) is 0 Å². The fourth-order valence-electron chi connectivity index (χ4n) is 3.13. The minimum atomic E-state index is -0.0128. The molecule has 0 bridgehead atoms. The Hall–Kier alpha value is -1.94. The quantitative estimate of drug-likeness (QED) is 0.343. The summed E-state index contributed by atoms with van der Waals surface area (Å²) < 4.78 is 5.83. The summed E-state index contributed by atoms with van der Waals surface area (Å²) in [7, 11) is -0.0128. The van der Waals surface area contributed by atoms with Gasteiger partial charge in [-0.2, -0.15) is 0 Å². The molecule has 3 aromatic carbocycles. The molecule has 3 heteroatoms. The Bertz CT molecular complexity index is 860. The number of rotatable bonds is 7. The SMILES string of the molecule is C(=C[S+]1c2ccccc2Sc2ccccc21)COCCCc1ccccc1. The third-order valence-electron chi connectivity index (χ3n) is 4.44. The number of benzene rings is 3. The molecule has 1 nitrogen and oxygen atoms in total. The van der Waals surface area contributed by atoms with E-state index in [9.17, 15) is 0 Å². The molecule has 0 radical (unpaired) electrons. The van der Waals surface area contributed by atoms with Gasteiger partial charge in [-0.25, -0.2) is 0 Å². The second-order valence-corrected chi connectivity index (χ2v) is 9.28. The smallest absolute Gasteiger partial charge is 0.179 e. The Balaban J connectivity index is 1.34. The second-order valence-electron chi connectivity index (χ2n) is 6.37. The molecular formula is C24H23OS2+. The van der Waals surface area contributed by atoms with E-state index in [1.807, 2.05) is 11.8 Å². The molecule has 0 aromatic heterocycles. The molecule has 1 aliphatic heterocycles. The molecular weight excluding hydrogens is 368 g/mol. The Morgan fingerprint density at radius 2 is 1.41 bits per heavy atom. The number of aryl methyl sites for hydroxylation is 1. The molecule has 0 unspecified atom stereocenters. The number of fused-ring (bicyclic) bond motifs is 2. The fourth-order valence-corrected chi connectivity index (χ4v) is 6.60. The minimum Gasteiger partial charge on any atom is -0.377 e. The van der Waals surface area contributed by atoms with Crippen LogP contribution in [0.5, 0.6) is 0 Å². The molecule has 27 heavy (non-hydrogen) atoms. The van der Waals surface area contributed by atoms with Crippen LogP contribution in [-0.2, 0) is 22.1 Å². The van der Waals surface area contributed by atoms with Crippen molar-refractivity contribution in [2.24, 2.45) is 0 Å². The predicted octanol–water partition coefficient (Wildman–Crippen LogP) is 6.35. The molecule has 136 valence electrons. The van der Waals surface area contributed by atoms with Crippen LogP contribution in [0.3, 0.4) is 0 Å². The lowest BCUT2D eigenvalue weighted by Gasteiger charge is -2.16. The van der Waals surface area contributed by atoms with Crippen molar-refractivity contribution in [1.29, 1.82) is 0 Å². The molecule has 4 rings (SSSR count). The van der Waals surface area contributed by atoms with E-state index in [0.717, 1.165) is 19.4 Å². The maximum Gasteiger partial charge on any atom is 0.179 e. The van der Waals surface area contributed by atoms with E-state index in [2.05, 4.69) is 90.3 Å². The monoisotopic (exact) mass is 391 g/mol. The van der Waals surface area contributed by atoms with E-state index in [1.54, 1.807) is 0 Å². The highest BCUT2D eigenvalue weighted by Gasteiger charge is 2.33. The van der Waals surface area contributed by atoms with Gasteiger partial charge >= 0.3 is 0 Å². The van der Waals surface area contributed by atoms with Crippen LogP contribution in [0.1, 0.15) is 12.0 Å². The Kier molecular flexibility index (Phi) is 6.36. The van der Waals surface area contributed by atoms with Crippen LogP contribution < -0.4 is 0 Å². The molecule has 0 fully saturated rings. The van der Waals surface area contributed by atoms with Gasteiger partial charge in [-0.05, 0) is 48.7 Å². The Labute approximate surface area is 168 Å². The summed E-state index contributed by atoms with van der Waals surface area (Å²) in [6.45, 7) is 1.48. The topological polar surface area (TPSA) is 9.23 Å². The standard InChI is InChI=1S/C24H23OS2/c1-2-10-20(11-3-1)12-8-17-25-18-9-19-27-23-15-6-4-13-21(23)26-22-14-5-7-16-24(22)27/h1-7,9-11,13-16,19H,8,12,17-18H2/q+1. The van der Waals surface area contributed by atoms with Crippen LogP contribution in [0.15, 0.2) is 110 Å². The summed E-state index contributed by atoms with van der Waals surface area (Å²) in [5.41, 5.74) is 1.38. The van der Waals surface area contributed by atoms with Gasteiger partial charge in [0.25, 0.3) is 0 Å². The van der Waals surface area contributed by atoms with Gasteiger partial charge in [0, 0.05) is 6.61 Å². The molecule has 1 aliphatic rings. The summed E-state index contributed by atoms with van der Waals surface area (Å²) in [6.07, 6.45) is 4.33. The molecule has 0 atom stereocenters. The van der Waals surface area contributed by atoms with Crippen LogP contribution >= 0.6 is 11.8 Å². The average molecular weight is 392 g/mol. The lowest BCUT2D eigenvalue weighted by Crippen LogP contribution is -2.07. The molecule has 1 heterocycles. The zero-order valence-corrected chi connectivity index (χ0v) is 16.8. The van der Waals surface area contributed by atoms with Gasteiger partial charge in [-0.1, -0.05) is 66.4 Å². The van der Waals surface area contributed by atoms with E-state index < -0.39 is 0 Å². The van der Waals surface area contributed by atoms with Gasteiger partial charge in [-0.3, -0.25) is 0 Å². The van der Waals surface area contributed by atoms with E-state index in [4.69, 9.17) is 4.74 Å². The Morgan fingerprint density at radius 1 is 0.778 bits per heavy atom. The zero-order valence-electron chi connectivity index (χ0n) is 15.2. The van der Waals surface area contributed by atoms with Gasteiger partial charge in [0.2, 0.25) is 0 Å². The van der Waals surface area contributed by atoms with Gasteiger partial charge in [-0.15, -0.1) is 0 Å². The largest absolute Gasteiger partial charge is 0.377 e. The number of hydrogen-bond donors (Lipinski definition) is 0. The molecule has 0 saturated heterocycles. The highest BCUT2D eigenvalue weighted by molar-refractivity contribution is 8.05.